The Morgan fingerprint density at radius 2 is 2.12 bits per heavy atom. The molecule has 1 fully saturated rings. The topological polar surface area (TPSA) is 88.2 Å². The van der Waals surface area contributed by atoms with E-state index in [1.165, 1.54) is 6.42 Å². The molecule has 92 valence electrons. The molecule has 1 unspecified atom stereocenters. The van der Waals surface area contributed by atoms with Crippen molar-refractivity contribution >= 4 is 11.9 Å². The van der Waals surface area contributed by atoms with Crippen LogP contribution in [0.3, 0.4) is 0 Å². The van der Waals surface area contributed by atoms with Gasteiger partial charge in [-0.1, -0.05) is 19.3 Å². The molecule has 1 aliphatic carbocycles. The summed E-state index contributed by atoms with van der Waals surface area (Å²) in [6, 6.07) is -0.362. The minimum atomic E-state index is -0.478. The first kappa shape index (κ1) is 12.8. The Morgan fingerprint density at radius 3 is 2.62 bits per heavy atom. The Labute approximate surface area is 96.2 Å². The predicted octanol–water partition coefficient (Wildman–Crippen LogP) is 1.62. The van der Waals surface area contributed by atoms with Crippen LogP contribution in [0, 0.1) is 11.3 Å². The molecule has 5 nitrogen and oxygen atoms in total. The third-order valence-electron chi connectivity index (χ3n) is 3.01. The zero-order chi connectivity index (χ0) is 12.0. The monoisotopic (exact) mass is 227 g/mol. The number of carbonyl (C=O) groups is 1. The van der Waals surface area contributed by atoms with Crippen molar-refractivity contribution in [1.29, 1.82) is 5.41 Å². The van der Waals surface area contributed by atoms with E-state index in [9.17, 15) is 4.79 Å². The SMILES string of the molecule is CCOC(=O)NC(C(=N)N)C1CCCCC1. The predicted molar refractivity (Wildman–Crippen MR) is 62.4 cm³/mol. The first-order chi connectivity index (χ1) is 7.65. The average molecular weight is 227 g/mol. The van der Waals surface area contributed by atoms with Crippen LogP contribution in [0.15, 0.2) is 0 Å². The van der Waals surface area contributed by atoms with E-state index >= 15 is 0 Å². The number of amides is 1. The number of amidine groups is 1. The fraction of sp³-hybridized carbons (Fsp3) is 0.818. The molecule has 0 heterocycles. The summed E-state index contributed by atoms with van der Waals surface area (Å²) in [5.41, 5.74) is 5.53. The summed E-state index contributed by atoms with van der Waals surface area (Å²) in [6.07, 6.45) is 5.11. The molecule has 0 bridgehead atoms. The third kappa shape index (κ3) is 3.72. The largest absolute Gasteiger partial charge is 0.450 e. The van der Waals surface area contributed by atoms with Crippen LogP contribution in [0.2, 0.25) is 0 Å². The van der Waals surface area contributed by atoms with E-state index in [1.807, 2.05) is 0 Å². The Hall–Kier alpha value is -1.26. The van der Waals surface area contributed by atoms with Crippen LogP contribution in [0.1, 0.15) is 39.0 Å². The van der Waals surface area contributed by atoms with Crippen LogP contribution in [0.4, 0.5) is 4.79 Å². The van der Waals surface area contributed by atoms with Crippen LogP contribution in [-0.2, 0) is 4.74 Å². The lowest BCUT2D eigenvalue weighted by atomic mass is 9.83. The van der Waals surface area contributed by atoms with Crippen LogP contribution >= 0.6 is 0 Å². The Kier molecular flexibility index (Phi) is 5.08. The van der Waals surface area contributed by atoms with E-state index in [-0.39, 0.29) is 17.8 Å². The van der Waals surface area contributed by atoms with Gasteiger partial charge in [-0.25, -0.2) is 4.79 Å². The number of nitrogens with one attached hydrogen (secondary N) is 2. The maximum Gasteiger partial charge on any atom is 0.407 e. The van der Waals surface area contributed by atoms with E-state index in [0.717, 1.165) is 25.7 Å². The molecule has 0 aromatic carbocycles. The molecule has 0 aromatic heterocycles. The van der Waals surface area contributed by atoms with Gasteiger partial charge in [0.2, 0.25) is 0 Å². The molecule has 0 aliphatic heterocycles. The van der Waals surface area contributed by atoms with Crippen LogP contribution in [0.5, 0.6) is 0 Å². The van der Waals surface area contributed by atoms with Crippen LogP contribution in [0.25, 0.3) is 0 Å². The van der Waals surface area contributed by atoms with Crippen molar-refractivity contribution in [2.75, 3.05) is 6.61 Å². The highest BCUT2D eigenvalue weighted by Gasteiger charge is 2.27. The van der Waals surface area contributed by atoms with Crippen molar-refractivity contribution in [3.05, 3.63) is 0 Å². The number of carbonyl (C=O) groups excluding carboxylic acids is 1. The van der Waals surface area contributed by atoms with Gasteiger partial charge in [-0.2, -0.15) is 0 Å². The number of ether oxygens (including phenoxy) is 1. The van der Waals surface area contributed by atoms with Crippen molar-refractivity contribution in [1.82, 2.24) is 5.32 Å². The van der Waals surface area contributed by atoms with Gasteiger partial charge in [0.1, 0.15) is 5.84 Å². The lowest BCUT2D eigenvalue weighted by molar-refractivity contribution is 0.145. The van der Waals surface area contributed by atoms with Crippen LogP contribution in [-0.4, -0.2) is 24.6 Å². The molecule has 0 radical (unpaired) electrons. The number of rotatable bonds is 4. The minimum Gasteiger partial charge on any atom is -0.450 e. The Bertz CT molecular complexity index is 248. The second-order valence-electron chi connectivity index (χ2n) is 4.20. The molecular weight excluding hydrogens is 206 g/mol. The van der Waals surface area contributed by atoms with E-state index in [1.54, 1.807) is 6.92 Å². The molecule has 0 spiro atoms. The quantitative estimate of drug-likeness (QED) is 0.503. The molecule has 5 heteroatoms. The van der Waals surface area contributed by atoms with E-state index in [0.29, 0.717) is 6.61 Å². The summed E-state index contributed by atoms with van der Waals surface area (Å²) in [6.45, 7) is 2.09. The number of hydrogen-bond donors (Lipinski definition) is 3. The number of hydrogen-bond acceptors (Lipinski definition) is 3. The summed E-state index contributed by atoms with van der Waals surface area (Å²) >= 11 is 0. The zero-order valence-electron chi connectivity index (χ0n) is 9.79. The van der Waals surface area contributed by atoms with Gasteiger partial charge in [-0.05, 0) is 25.7 Å². The second kappa shape index (κ2) is 6.35. The van der Waals surface area contributed by atoms with Gasteiger partial charge in [-0.3, -0.25) is 5.41 Å². The molecule has 0 saturated heterocycles. The molecule has 1 aliphatic rings. The van der Waals surface area contributed by atoms with Crippen molar-refractivity contribution in [3.63, 3.8) is 0 Å². The van der Waals surface area contributed by atoms with Gasteiger partial charge in [0.25, 0.3) is 0 Å². The lowest BCUT2D eigenvalue weighted by Crippen LogP contribution is -2.49. The van der Waals surface area contributed by atoms with Crippen molar-refractivity contribution in [2.45, 2.75) is 45.1 Å². The third-order valence-corrected chi connectivity index (χ3v) is 3.01. The Morgan fingerprint density at radius 1 is 1.50 bits per heavy atom. The molecule has 1 rings (SSSR count). The summed E-state index contributed by atoms with van der Waals surface area (Å²) in [4.78, 5) is 11.3. The van der Waals surface area contributed by atoms with Crippen LogP contribution < -0.4 is 11.1 Å². The van der Waals surface area contributed by atoms with Crippen molar-refractivity contribution in [2.24, 2.45) is 11.7 Å². The molecule has 1 saturated carbocycles. The highest BCUT2D eigenvalue weighted by atomic mass is 16.5. The Balaban J connectivity index is 2.52. The summed E-state index contributed by atoms with van der Waals surface area (Å²) in [5.74, 6) is 0.315. The molecule has 4 N–H and O–H groups in total. The van der Waals surface area contributed by atoms with E-state index in [4.69, 9.17) is 15.9 Å². The smallest absolute Gasteiger partial charge is 0.407 e. The molecule has 16 heavy (non-hydrogen) atoms. The first-order valence-corrected chi connectivity index (χ1v) is 5.92. The van der Waals surface area contributed by atoms with Gasteiger partial charge in [-0.15, -0.1) is 0 Å². The second-order valence-corrected chi connectivity index (χ2v) is 4.20. The van der Waals surface area contributed by atoms with Gasteiger partial charge in [0.15, 0.2) is 0 Å². The average Bonchev–Trinajstić information content (AvgIpc) is 2.27. The molecule has 1 atom stereocenters. The highest BCUT2D eigenvalue weighted by Crippen LogP contribution is 2.26. The maximum atomic E-state index is 11.3. The molecular formula is C11H21N3O2. The fourth-order valence-electron chi connectivity index (χ4n) is 2.22. The van der Waals surface area contributed by atoms with Gasteiger partial charge >= 0.3 is 6.09 Å². The first-order valence-electron chi connectivity index (χ1n) is 5.92. The fourth-order valence-corrected chi connectivity index (χ4v) is 2.22. The van der Waals surface area contributed by atoms with Gasteiger partial charge in [0, 0.05) is 0 Å². The zero-order valence-corrected chi connectivity index (χ0v) is 9.79. The van der Waals surface area contributed by atoms with Crippen molar-refractivity contribution in [3.8, 4) is 0 Å². The maximum absolute atomic E-state index is 11.3. The summed E-state index contributed by atoms with van der Waals surface area (Å²) < 4.78 is 4.81. The highest BCUT2D eigenvalue weighted by molar-refractivity contribution is 5.86. The molecule has 1 amide bonds. The number of nitrogens with two attached hydrogens (primary N) is 1. The van der Waals surface area contributed by atoms with Crippen molar-refractivity contribution < 1.29 is 9.53 Å². The van der Waals surface area contributed by atoms with E-state index in [2.05, 4.69) is 5.32 Å². The standard InChI is InChI=1S/C11H21N3O2/c1-2-16-11(15)14-9(10(12)13)8-6-4-3-5-7-8/h8-9H,2-7H2,1H3,(H3,12,13)(H,14,15). The van der Waals surface area contributed by atoms with Gasteiger partial charge in [0.05, 0.1) is 12.6 Å². The summed E-state index contributed by atoms with van der Waals surface area (Å²) in [7, 11) is 0. The number of alkyl carbamates (subject to hydrolysis) is 1. The van der Waals surface area contributed by atoms with Gasteiger partial charge < -0.3 is 15.8 Å². The minimum absolute atomic E-state index is 0.0277. The normalized spacial score (nSPS) is 18.8. The molecule has 0 aromatic rings. The lowest BCUT2D eigenvalue weighted by Gasteiger charge is -2.29. The van der Waals surface area contributed by atoms with E-state index < -0.39 is 6.09 Å². The summed E-state index contributed by atoms with van der Waals surface area (Å²) in [5, 5.41) is 10.2.